The predicted octanol–water partition coefficient (Wildman–Crippen LogP) is 3.69. The third kappa shape index (κ3) is 3.82. The van der Waals surface area contributed by atoms with Gasteiger partial charge in [0.25, 0.3) is 0 Å². The zero-order chi connectivity index (χ0) is 24.3. The van der Waals surface area contributed by atoms with Gasteiger partial charge in [-0.2, -0.15) is 4.68 Å². The van der Waals surface area contributed by atoms with E-state index in [4.69, 9.17) is 19.9 Å². The van der Waals surface area contributed by atoms with Crippen LogP contribution in [0.4, 0.5) is 4.79 Å². The van der Waals surface area contributed by atoms with Gasteiger partial charge in [-0.3, -0.25) is 0 Å². The maximum absolute atomic E-state index is 11.3. The Morgan fingerprint density at radius 1 is 0.971 bits per heavy atom. The van der Waals surface area contributed by atoms with Gasteiger partial charge in [0.2, 0.25) is 0 Å². The number of nitrogens with zero attached hydrogens (tertiary/aromatic N) is 8. The number of rotatable bonds is 4. The summed E-state index contributed by atoms with van der Waals surface area (Å²) in [5, 5.41) is 13.9. The molecule has 2 aliphatic rings. The molecule has 0 bridgehead atoms. The molecule has 180 valence electrons. The highest BCUT2D eigenvalue weighted by molar-refractivity contribution is 5.76. The minimum absolute atomic E-state index is 0.138. The van der Waals surface area contributed by atoms with Crippen molar-refractivity contribution in [2.75, 3.05) is 13.1 Å². The number of carboxylic acid groups (broad SMARTS) is 1. The Morgan fingerprint density at radius 2 is 1.74 bits per heavy atom. The molecule has 1 aromatic carbocycles. The zero-order valence-corrected chi connectivity index (χ0v) is 20.1. The molecule has 1 amide bonds. The number of carbonyl (C=O) groups is 1. The molecule has 1 saturated carbocycles. The first-order chi connectivity index (χ1) is 16.9. The summed E-state index contributed by atoms with van der Waals surface area (Å²) in [7, 11) is 2.08. The van der Waals surface area contributed by atoms with E-state index in [2.05, 4.69) is 28.8 Å². The van der Waals surface area contributed by atoms with Crippen LogP contribution in [0.1, 0.15) is 66.0 Å². The predicted molar refractivity (Wildman–Crippen MR) is 129 cm³/mol. The van der Waals surface area contributed by atoms with Gasteiger partial charge in [-0.15, -0.1) is 5.10 Å². The van der Waals surface area contributed by atoms with Crippen molar-refractivity contribution in [1.82, 2.24) is 39.2 Å². The van der Waals surface area contributed by atoms with E-state index in [0.29, 0.717) is 30.7 Å². The SMILES string of the molecule is Cc1nc(C2CC2c2nc3ccccc3n2C)cc(-n2nc(C)nc2C2CCN(C(=O)O)CC2)n1. The average Bonchev–Trinajstić information content (AvgIpc) is 3.44. The van der Waals surface area contributed by atoms with Crippen LogP contribution in [-0.4, -0.2) is 63.5 Å². The highest BCUT2D eigenvalue weighted by Crippen LogP contribution is 2.54. The Labute approximate surface area is 202 Å². The number of hydrogen-bond donors (Lipinski definition) is 1. The van der Waals surface area contributed by atoms with Crippen molar-refractivity contribution < 1.29 is 9.90 Å². The van der Waals surface area contributed by atoms with E-state index in [1.54, 1.807) is 0 Å². The van der Waals surface area contributed by atoms with Gasteiger partial charge in [0.15, 0.2) is 5.82 Å². The number of aromatic nitrogens is 7. The monoisotopic (exact) mass is 472 g/mol. The molecular weight excluding hydrogens is 444 g/mol. The average molecular weight is 473 g/mol. The molecule has 2 fully saturated rings. The smallest absolute Gasteiger partial charge is 0.407 e. The fourth-order valence-electron chi connectivity index (χ4n) is 5.37. The number of para-hydroxylation sites is 2. The van der Waals surface area contributed by atoms with Gasteiger partial charge in [-0.05, 0) is 45.2 Å². The summed E-state index contributed by atoms with van der Waals surface area (Å²) in [4.78, 5) is 31.9. The van der Waals surface area contributed by atoms with Crippen LogP contribution in [0.25, 0.3) is 16.9 Å². The van der Waals surface area contributed by atoms with Gasteiger partial charge in [0.1, 0.15) is 23.3 Å². The van der Waals surface area contributed by atoms with Crippen molar-refractivity contribution in [3.05, 3.63) is 59.3 Å². The van der Waals surface area contributed by atoms with E-state index in [9.17, 15) is 9.90 Å². The summed E-state index contributed by atoms with van der Waals surface area (Å²) < 4.78 is 4.03. The second-order valence-corrected chi connectivity index (χ2v) is 9.64. The molecule has 6 rings (SSSR count). The van der Waals surface area contributed by atoms with Crippen LogP contribution in [0.5, 0.6) is 0 Å². The molecule has 3 aromatic heterocycles. The van der Waals surface area contributed by atoms with Crippen LogP contribution >= 0.6 is 0 Å². The van der Waals surface area contributed by atoms with Gasteiger partial charge in [0, 0.05) is 44.0 Å². The Morgan fingerprint density at radius 3 is 2.49 bits per heavy atom. The van der Waals surface area contributed by atoms with Crippen molar-refractivity contribution in [2.24, 2.45) is 7.05 Å². The molecule has 0 spiro atoms. The minimum Gasteiger partial charge on any atom is -0.465 e. The van der Waals surface area contributed by atoms with Crippen molar-refractivity contribution in [1.29, 1.82) is 0 Å². The maximum Gasteiger partial charge on any atom is 0.407 e. The number of likely N-dealkylation sites (tertiary alicyclic amines) is 1. The van der Waals surface area contributed by atoms with Crippen molar-refractivity contribution >= 4 is 17.1 Å². The van der Waals surface area contributed by atoms with Crippen LogP contribution in [0.2, 0.25) is 0 Å². The first kappa shape index (κ1) is 21.7. The summed E-state index contributed by atoms with van der Waals surface area (Å²) in [6.07, 6.45) is 1.58. The molecule has 4 heterocycles. The van der Waals surface area contributed by atoms with Crippen molar-refractivity contribution in [3.8, 4) is 5.82 Å². The van der Waals surface area contributed by atoms with Gasteiger partial charge in [-0.25, -0.2) is 24.7 Å². The summed E-state index contributed by atoms with van der Waals surface area (Å²) in [5.74, 6) is 4.80. The van der Waals surface area contributed by atoms with E-state index in [-0.39, 0.29) is 11.8 Å². The Balaban J connectivity index is 1.29. The first-order valence-electron chi connectivity index (χ1n) is 12.1. The molecule has 4 aromatic rings. The number of fused-ring (bicyclic) bond motifs is 1. The molecule has 0 radical (unpaired) electrons. The highest BCUT2D eigenvalue weighted by Gasteiger charge is 2.44. The maximum atomic E-state index is 11.3. The van der Waals surface area contributed by atoms with E-state index >= 15 is 0 Å². The lowest BCUT2D eigenvalue weighted by Crippen LogP contribution is -2.37. The van der Waals surface area contributed by atoms with Gasteiger partial charge in [0.05, 0.1) is 16.7 Å². The standard InChI is InChI=1S/C25H28N8O2/c1-14-26-20(17-12-18(17)24-29-19-6-4-5-7-21(19)31(24)3)13-22(27-14)33-23(28-15(2)30-33)16-8-10-32(11-9-16)25(34)35/h4-7,13,16-18H,8-12H2,1-3H3,(H,34,35). The molecule has 2 unspecified atom stereocenters. The van der Waals surface area contributed by atoms with Gasteiger partial charge >= 0.3 is 6.09 Å². The molecule has 10 nitrogen and oxygen atoms in total. The Hall–Kier alpha value is -3.82. The largest absolute Gasteiger partial charge is 0.465 e. The minimum atomic E-state index is -0.864. The fourth-order valence-corrected chi connectivity index (χ4v) is 5.37. The van der Waals surface area contributed by atoms with Crippen LogP contribution in [-0.2, 0) is 7.05 Å². The quantitative estimate of drug-likeness (QED) is 0.482. The molecule has 1 aliphatic heterocycles. The molecule has 2 atom stereocenters. The highest BCUT2D eigenvalue weighted by atomic mass is 16.4. The zero-order valence-electron chi connectivity index (χ0n) is 20.1. The summed E-state index contributed by atoms with van der Waals surface area (Å²) in [6.45, 7) is 4.79. The van der Waals surface area contributed by atoms with Gasteiger partial charge < -0.3 is 14.6 Å². The first-order valence-corrected chi connectivity index (χ1v) is 12.1. The van der Waals surface area contributed by atoms with E-state index in [1.807, 2.05) is 36.7 Å². The lowest BCUT2D eigenvalue weighted by atomic mass is 9.96. The molecule has 1 N–H and O–H groups in total. The second kappa shape index (κ2) is 8.14. The molecule has 1 aliphatic carbocycles. The number of imidazole rings is 1. The third-order valence-electron chi connectivity index (χ3n) is 7.25. The summed E-state index contributed by atoms with van der Waals surface area (Å²) in [5.41, 5.74) is 3.17. The van der Waals surface area contributed by atoms with Crippen LogP contribution < -0.4 is 0 Å². The number of hydrogen-bond acceptors (Lipinski definition) is 6. The molecule has 10 heteroatoms. The van der Waals surface area contributed by atoms with E-state index in [1.165, 1.54) is 4.90 Å². The van der Waals surface area contributed by atoms with Crippen molar-refractivity contribution in [3.63, 3.8) is 0 Å². The number of piperidine rings is 1. The van der Waals surface area contributed by atoms with Crippen LogP contribution in [0.15, 0.2) is 30.3 Å². The van der Waals surface area contributed by atoms with Crippen LogP contribution in [0.3, 0.4) is 0 Å². The number of amides is 1. The third-order valence-corrected chi connectivity index (χ3v) is 7.25. The Kier molecular flexibility index (Phi) is 5.05. The molecule has 1 saturated heterocycles. The topological polar surface area (TPSA) is 115 Å². The molecular formula is C25H28N8O2. The van der Waals surface area contributed by atoms with Crippen LogP contribution in [0, 0.1) is 13.8 Å². The van der Waals surface area contributed by atoms with E-state index < -0.39 is 6.09 Å². The fraction of sp³-hybridized carbons (Fsp3) is 0.440. The summed E-state index contributed by atoms with van der Waals surface area (Å²) in [6, 6.07) is 10.3. The Bertz CT molecular complexity index is 1430. The van der Waals surface area contributed by atoms with Gasteiger partial charge in [-0.1, -0.05) is 12.1 Å². The number of aryl methyl sites for hydroxylation is 3. The summed E-state index contributed by atoms with van der Waals surface area (Å²) >= 11 is 0. The lowest BCUT2D eigenvalue weighted by molar-refractivity contribution is 0.131. The lowest BCUT2D eigenvalue weighted by Gasteiger charge is -2.29. The van der Waals surface area contributed by atoms with Crippen molar-refractivity contribution in [2.45, 2.75) is 50.9 Å². The second-order valence-electron chi connectivity index (χ2n) is 9.64. The number of benzene rings is 1. The van der Waals surface area contributed by atoms with E-state index in [0.717, 1.165) is 53.5 Å². The normalized spacial score (nSPS) is 20.5. The molecule has 35 heavy (non-hydrogen) atoms.